The van der Waals surface area contributed by atoms with Gasteiger partial charge in [-0.3, -0.25) is 9.89 Å². The molecular weight excluding hydrogens is 293 g/mol. The molecule has 0 radical (unpaired) electrons. The lowest BCUT2D eigenvalue weighted by Gasteiger charge is -2.40. The maximum atomic E-state index is 14.2. The van der Waals surface area contributed by atoms with Gasteiger partial charge in [-0.25, -0.2) is 4.39 Å². The van der Waals surface area contributed by atoms with Crippen LogP contribution in [0, 0.1) is 5.82 Å². The molecule has 0 bridgehead atoms. The van der Waals surface area contributed by atoms with Gasteiger partial charge >= 0.3 is 0 Å². The van der Waals surface area contributed by atoms with E-state index in [0.717, 1.165) is 17.3 Å². The van der Waals surface area contributed by atoms with E-state index in [9.17, 15) is 9.18 Å². The molecule has 1 aromatic heterocycles. The Morgan fingerprint density at radius 1 is 1.22 bits per heavy atom. The highest BCUT2D eigenvalue weighted by Crippen LogP contribution is 2.45. The molecule has 2 N–H and O–H groups in total. The third kappa shape index (κ3) is 2.20. The number of rotatable bonds is 3. The summed E-state index contributed by atoms with van der Waals surface area (Å²) < 4.78 is 14.2. The topological polar surface area (TPSA) is 57.8 Å². The minimum Gasteiger partial charge on any atom is -0.325 e. The van der Waals surface area contributed by atoms with Crippen LogP contribution in [0.4, 0.5) is 10.1 Å². The molecule has 1 fully saturated rings. The van der Waals surface area contributed by atoms with Crippen LogP contribution in [0.2, 0.25) is 0 Å². The van der Waals surface area contributed by atoms with E-state index in [-0.39, 0.29) is 11.7 Å². The Bertz CT molecular complexity index is 883. The lowest BCUT2D eigenvalue weighted by molar-refractivity contribution is -0.124. The SMILES string of the molecule is O=C(Nc1ccc2cn[nH]c2c1)C1(c2ccccc2F)CCC1. The van der Waals surface area contributed by atoms with Gasteiger partial charge < -0.3 is 5.32 Å². The van der Waals surface area contributed by atoms with Gasteiger partial charge in [-0.05, 0) is 37.1 Å². The average molecular weight is 309 g/mol. The van der Waals surface area contributed by atoms with Crippen LogP contribution in [0.5, 0.6) is 0 Å². The van der Waals surface area contributed by atoms with Gasteiger partial charge in [0.05, 0.1) is 17.1 Å². The second-order valence-corrected chi connectivity index (χ2v) is 6.04. The molecule has 0 unspecified atom stereocenters. The second kappa shape index (κ2) is 5.19. The first-order chi connectivity index (χ1) is 11.2. The zero-order chi connectivity index (χ0) is 15.9. The van der Waals surface area contributed by atoms with Gasteiger partial charge in [-0.15, -0.1) is 0 Å². The summed E-state index contributed by atoms with van der Waals surface area (Å²) in [7, 11) is 0. The maximum absolute atomic E-state index is 14.2. The number of nitrogens with one attached hydrogen (secondary N) is 2. The molecule has 2 aromatic carbocycles. The van der Waals surface area contributed by atoms with E-state index in [0.29, 0.717) is 24.1 Å². The minimum absolute atomic E-state index is 0.146. The Hall–Kier alpha value is -2.69. The molecule has 0 spiro atoms. The average Bonchev–Trinajstić information content (AvgIpc) is 2.95. The number of H-pyrrole nitrogens is 1. The molecule has 4 rings (SSSR count). The molecule has 1 amide bonds. The summed E-state index contributed by atoms with van der Waals surface area (Å²) in [5.41, 5.74) is 1.28. The first-order valence-corrected chi connectivity index (χ1v) is 7.69. The summed E-state index contributed by atoms with van der Waals surface area (Å²) in [6.07, 6.45) is 4.01. The van der Waals surface area contributed by atoms with Crippen molar-refractivity contribution >= 4 is 22.5 Å². The van der Waals surface area contributed by atoms with E-state index < -0.39 is 5.41 Å². The van der Waals surface area contributed by atoms with E-state index in [1.165, 1.54) is 6.07 Å². The maximum Gasteiger partial charge on any atom is 0.235 e. The Labute approximate surface area is 132 Å². The largest absolute Gasteiger partial charge is 0.325 e. The van der Waals surface area contributed by atoms with Crippen LogP contribution in [0.25, 0.3) is 10.9 Å². The second-order valence-electron chi connectivity index (χ2n) is 6.04. The number of hydrogen-bond donors (Lipinski definition) is 2. The van der Waals surface area contributed by atoms with Gasteiger partial charge in [0.25, 0.3) is 0 Å². The summed E-state index contributed by atoms with van der Waals surface area (Å²) in [5.74, 6) is -0.459. The molecule has 4 nitrogen and oxygen atoms in total. The number of amides is 1. The van der Waals surface area contributed by atoms with Crippen LogP contribution < -0.4 is 5.32 Å². The van der Waals surface area contributed by atoms with E-state index in [1.807, 2.05) is 18.2 Å². The molecule has 5 heteroatoms. The molecule has 0 atom stereocenters. The Morgan fingerprint density at radius 3 is 2.78 bits per heavy atom. The van der Waals surface area contributed by atoms with Gasteiger partial charge in [-0.2, -0.15) is 5.10 Å². The normalized spacial score (nSPS) is 16.0. The quantitative estimate of drug-likeness (QED) is 0.774. The Morgan fingerprint density at radius 2 is 2.04 bits per heavy atom. The van der Waals surface area contributed by atoms with Gasteiger partial charge in [-0.1, -0.05) is 24.6 Å². The number of anilines is 1. The summed E-state index contributed by atoms with van der Waals surface area (Å²) in [6.45, 7) is 0. The third-order valence-electron chi connectivity index (χ3n) is 4.73. The number of aromatic amines is 1. The number of carbonyl (C=O) groups excluding carboxylic acids is 1. The lowest BCUT2D eigenvalue weighted by Crippen LogP contribution is -2.46. The highest BCUT2D eigenvalue weighted by molar-refractivity contribution is 6.01. The van der Waals surface area contributed by atoms with E-state index in [1.54, 1.807) is 24.4 Å². The number of aromatic nitrogens is 2. The smallest absolute Gasteiger partial charge is 0.235 e. The van der Waals surface area contributed by atoms with Crippen molar-refractivity contribution < 1.29 is 9.18 Å². The van der Waals surface area contributed by atoms with Crippen molar-refractivity contribution in [2.24, 2.45) is 0 Å². The van der Waals surface area contributed by atoms with Crippen LogP contribution in [-0.4, -0.2) is 16.1 Å². The molecule has 3 aromatic rings. The highest BCUT2D eigenvalue weighted by Gasteiger charge is 2.47. The number of hydrogen-bond acceptors (Lipinski definition) is 2. The standard InChI is InChI=1S/C18H16FN3O/c19-15-5-2-1-4-14(15)18(8-3-9-18)17(23)21-13-7-6-12-11-20-22-16(12)10-13/h1-2,4-7,10-11H,3,8-9H2,(H,20,22)(H,21,23). The Balaban J connectivity index is 1.65. The van der Waals surface area contributed by atoms with Crippen molar-refractivity contribution in [1.29, 1.82) is 0 Å². The van der Waals surface area contributed by atoms with Crippen molar-refractivity contribution in [3.8, 4) is 0 Å². The van der Waals surface area contributed by atoms with Crippen LogP contribution >= 0.6 is 0 Å². The third-order valence-corrected chi connectivity index (χ3v) is 4.73. The summed E-state index contributed by atoms with van der Waals surface area (Å²) >= 11 is 0. The van der Waals surface area contributed by atoms with E-state index in [2.05, 4.69) is 15.5 Å². The van der Waals surface area contributed by atoms with Crippen LogP contribution in [0.3, 0.4) is 0 Å². The molecule has 0 saturated heterocycles. The first-order valence-electron chi connectivity index (χ1n) is 7.69. The van der Waals surface area contributed by atoms with Crippen LogP contribution in [-0.2, 0) is 10.2 Å². The van der Waals surface area contributed by atoms with Crippen LogP contribution in [0.15, 0.2) is 48.7 Å². The summed E-state index contributed by atoms with van der Waals surface area (Å²) in [4.78, 5) is 12.8. The molecule has 1 aliphatic rings. The molecule has 1 saturated carbocycles. The lowest BCUT2D eigenvalue weighted by atomic mass is 9.63. The number of halogens is 1. The first kappa shape index (κ1) is 13.9. The van der Waals surface area contributed by atoms with Crippen molar-refractivity contribution in [1.82, 2.24) is 10.2 Å². The number of nitrogens with zero attached hydrogens (tertiary/aromatic N) is 1. The fraction of sp³-hybridized carbons (Fsp3) is 0.222. The van der Waals surface area contributed by atoms with E-state index in [4.69, 9.17) is 0 Å². The number of benzene rings is 2. The van der Waals surface area contributed by atoms with Gasteiger partial charge in [0.2, 0.25) is 5.91 Å². The van der Waals surface area contributed by atoms with Crippen LogP contribution in [0.1, 0.15) is 24.8 Å². The molecular formula is C18H16FN3O. The van der Waals surface area contributed by atoms with Crippen molar-refractivity contribution in [2.45, 2.75) is 24.7 Å². The molecule has 1 heterocycles. The van der Waals surface area contributed by atoms with E-state index >= 15 is 0 Å². The number of carbonyl (C=O) groups is 1. The molecule has 1 aliphatic carbocycles. The Kier molecular flexibility index (Phi) is 3.15. The van der Waals surface area contributed by atoms with Gasteiger partial charge in [0, 0.05) is 16.6 Å². The minimum atomic E-state index is -0.756. The van der Waals surface area contributed by atoms with Gasteiger partial charge in [0.1, 0.15) is 5.82 Å². The highest BCUT2D eigenvalue weighted by atomic mass is 19.1. The zero-order valence-corrected chi connectivity index (χ0v) is 12.5. The zero-order valence-electron chi connectivity index (χ0n) is 12.5. The van der Waals surface area contributed by atoms with Crippen molar-refractivity contribution in [2.75, 3.05) is 5.32 Å². The van der Waals surface area contributed by atoms with Crippen molar-refractivity contribution in [3.05, 3.63) is 60.0 Å². The fourth-order valence-electron chi connectivity index (χ4n) is 3.26. The molecule has 0 aliphatic heterocycles. The summed E-state index contributed by atoms with van der Waals surface area (Å²) in [5, 5.41) is 10.8. The summed E-state index contributed by atoms with van der Waals surface area (Å²) in [6, 6.07) is 12.1. The van der Waals surface area contributed by atoms with Gasteiger partial charge in [0.15, 0.2) is 0 Å². The van der Waals surface area contributed by atoms with Crippen molar-refractivity contribution in [3.63, 3.8) is 0 Å². The number of fused-ring (bicyclic) bond motifs is 1. The monoisotopic (exact) mass is 309 g/mol. The molecule has 116 valence electrons. The molecule has 23 heavy (non-hydrogen) atoms. The predicted molar refractivity (Wildman–Crippen MR) is 86.7 cm³/mol. The fourth-order valence-corrected chi connectivity index (χ4v) is 3.26. The predicted octanol–water partition coefficient (Wildman–Crippen LogP) is 3.76.